The van der Waals surface area contributed by atoms with Crippen LogP contribution in [0.25, 0.3) is 0 Å². The number of carbonyl (C=O) groups excluding carboxylic acids is 2. The zero-order valence-electron chi connectivity index (χ0n) is 11.3. The Morgan fingerprint density at radius 3 is 2.85 bits per heavy atom. The molecule has 1 fully saturated rings. The molecule has 1 aromatic rings. The van der Waals surface area contributed by atoms with Crippen LogP contribution in [0.4, 0.5) is 0 Å². The highest BCUT2D eigenvalue weighted by molar-refractivity contribution is 5.86. The van der Waals surface area contributed by atoms with Crippen molar-refractivity contribution in [1.29, 1.82) is 0 Å². The predicted octanol–water partition coefficient (Wildman–Crippen LogP) is 0.232. The molecule has 2 rings (SSSR count). The normalized spacial score (nSPS) is 20.1. The topological polar surface area (TPSA) is 78.4 Å². The van der Waals surface area contributed by atoms with Crippen molar-refractivity contribution in [2.24, 2.45) is 5.92 Å². The number of hydrogen-bond acceptors (Lipinski definition) is 3. The second kappa shape index (κ2) is 7.05. The molecule has 20 heavy (non-hydrogen) atoms. The summed E-state index contributed by atoms with van der Waals surface area (Å²) in [6, 6.07) is 9.64. The summed E-state index contributed by atoms with van der Waals surface area (Å²) in [5, 5.41) is 15.3. The largest absolute Gasteiger partial charge is 0.391 e. The van der Waals surface area contributed by atoms with Gasteiger partial charge in [-0.3, -0.25) is 9.59 Å². The lowest BCUT2D eigenvalue weighted by Crippen LogP contribution is -2.43. The molecule has 0 spiro atoms. The Bertz CT molecular complexity index is 461. The first-order valence-corrected chi connectivity index (χ1v) is 6.91. The van der Waals surface area contributed by atoms with Crippen LogP contribution in [0, 0.1) is 5.92 Å². The van der Waals surface area contributed by atoms with Crippen molar-refractivity contribution in [3.05, 3.63) is 35.9 Å². The Kier molecular flexibility index (Phi) is 5.12. The van der Waals surface area contributed by atoms with Crippen LogP contribution in [0.5, 0.6) is 0 Å². The van der Waals surface area contributed by atoms with E-state index in [9.17, 15) is 14.7 Å². The summed E-state index contributed by atoms with van der Waals surface area (Å²) in [6.45, 7) is 0.759. The highest BCUT2D eigenvalue weighted by atomic mass is 16.3. The number of rotatable bonds is 5. The fourth-order valence-electron chi connectivity index (χ4n) is 2.33. The Morgan fingerprint density at radius 2 is 2.15 bits per heavy atom. The summed E-state index contributed by atoms with van der Waals surface area (Å²) >= 11 is 0. The molecule has 1 aliphatic heterocycles. The Hall–Kier alpha value is -1.88. The molecule has 1 heterocycles. The smallest absolute Gasteiger partial charge is 0.223 e. The molecular weight excluding hydrogens is 256 g/mol. The van der Waals surface area contributed by atoms with Gasteiger partial charge in [-0.2, -0.15) is 0 Å². The van der Waals surface area contributed by atoms with Crippen LogP contribution in [0.3, 0.4) is 0 Å². The van der Waals surface area contributed by atoms with Gasteiger partial charge in [0, 0.05) is 31.8 Å². The van der Waals surface area contributed by atoms with Crippen molar-refractivity contribution in [1.82, 2.24) is 10.6 Å². The van der Waals surface area contributed by atoms with E-state index in [1.54, 1.807) is 0 Å². The summed E-state index contributed by atoms with van der Waals surface area (Å²) in [5.41, 5.74) is 1.03. The zero-order chi connectivity index (χ0) is 14.4. The molecule has 1 aliphatic rings. The molecule has 0 aromatic heterocycles. The monoisotopic (exact) mass is 276 g/mol. The molecule has 5 nitrogen and oxygen atoms in total. The number of aliphatic hydroxyl groups excluding tert-OH is 1. The summed E-state index contributed by atoms with van der Waals surface area (Å²) in [4.78, 5) is 23.1. The van der Waals surface area contributed by atoms with Gasteiger partial charge in [-0.25, -0.2) is 0 Å². The molecule has 0 aliphatic carbocycles. The highest BCUT2D eigenvalue weighted by Crippen LogP contribution is 2.12. The van der Waals surface area contributed by atoms with Gasteiger partial charge >= 0.3 is 0 Å². The quantitative estimate of drug-likeness (QED) is 0.720. The summed E-state index contributed by atoms with van der Waals surface area (Å²) in [5.74, 6) is -0.499. The van der Waals surface area contributed by atoms with Crippen molar-refractivity contribution < 1.29 is 14.7 Å². The second-order valence-corrected chi connectivity index (χ2v) is 5.13. The minimum Gasteiger partial charge on any atom is -0.391 e. The van der Waals surface area contributed by atoms with Crippen LogP contribution >= 0.6 is 0 Å². The van der Waals surface area contributed by atoms with E-state index >= 15 is 0 Å². The number of carbonyl (C=O) groups is 2. The van der Waals surface area contributed by atoms with Crippen molar-refractivity contribution in [2.75, 3.05) is 13.1 Å². The second-order valence-electron chi connectivity index (χ2n) is 5.13. The molecule has 0 bridgehead atoms. The Labute approximate surface area is 118 Å². The first-order valence-electron chi connectivity index (χ1n) is 6.91. The molecule has 1 aromatic carbocycles. The zero-order valence-corrected chi connectivity index (χ0v) is 11.3. The molecule has 2 atom stereocenters. The number of amides is 2. The first kappa shape index (κ1) is 14.5. The maximum atomic E-state index is 11.9. The van der Waals surface area contributed by atoms with Crippen LogP contribution < -0.4 is 10.6 Å². The van der Waals surface area contributed by atoms with Crippen LogP contribution in [0.15, 0.2) is 30.3 Å². The molecule has 3 N–H and O–H groups in total. The van der Waals surface area contributed by atoms with E-state index in [4.69, 9.17) is 0 Å². The third-order valence-corrected chi connectivity index (χ3v) is 3.44. The molecule has 0 radical (unpaired) electrons. The van der Waals surface area contributed by atoms with E-state index in [2.05, 4.69) is 10.6 Å². The lowest BCUT2D eigenvalue weighted by Gasteiger charge is -2.22. The lowest BCUT2D eigenvalue weighted by molar-refractivity contribution is -0.132. The van der Waals surface area contributed by atoms with Crippen LogP contribution in [0.1, 0.15) is 18.4 Å². The third kappa shape index (κ3) is 4.35. The number of piperidine rings is 1. The SMILES string of the molecule is O=C1CC(C(=O)NCC(O)Cc2ccccc2)CCN1. The van der Waals surface area contributed by atoms with Crippen molar-refractivity contribution in [3.63, 3.8) is 0 Å². The van der Waals surface area contributed by atoms with Gasteiger partial charge in [0.05, 0.1) is 6.10 Å². The number of nitrogens with one attached hydrogen (secondary N) is 2. The third-order valence-electron chi connectivity index (χ3n) is 3.44. The van der Waals surface area contributed by atoms with E-state index in [-0.39, 0.29) is 30.7 Å². The van der Waals surface area contributed by atoms with Crippen molar-refractivity contribution in [2.45, 2.75) is 25.4 Å². The van der Waals surface area contributed by atoms with Crippen molar-refractivity contribution in [3.8, 4) is 0 Å². The van der Waals surface area contributed by atoms with E-state index < -0.39 is 6.10 Å². The Morgan fingerprint density at radius 1 is 1.40 bits per heavy atom. The highest BCUT2D eigenvalue weighted by Gasteiger charge is 2.25. The fraction of sp³-hybridized carbons (Fsp3) is 0.467. The van der Waals surface area contributed by atoms with Crippen LogP contribution in [-0.4, -0.2) is 36.1 Å². The van der Waals surface area contributed by atoms with Gasteiger partial charge in [0.25, 0.3) is 0 Å². The standard InChI is InChI=1S/C15H20N2O3/c18-13(8-11-4-2-1-3-5-11)10-17-15(20)12-6-7-16-14(19)9-12/h1-5,12-13,18H,6-10H2,(H,16,19)(H,17,20). The van der Waals surface area contributed by atoms with Gasteiger partial charge < -0.3 is 15.7 Å². The van der Waals surface area contributed by atoms with Gasteiger partial charge in [-0.05, 0) is 12.0 Å². The van der Waals surface area contributed by atoms with E-state index in [0.717, 1.165) is 5.56 Å². The summed E-state index contributed by atoms with van der Waals surface area (Å²) in [7, 11) is 0. The van der Waals surface area contributed by atoms with E-state index in [0.29, 0.717) is 19.4 Å². The van der Waals surface area contributed by atoms with E-state index in [1.165, 1.54) is 0 Å². The van der Waals surface area contributed by atoms with Gasteiger partial charge in [0.15, 0.2) is 0 Å². The summed E-state index contributed by atoms with van der Waals surface area (Å²) in [6.07, 6.45) is 0.790. The number of benzene rings is 1. The molecule has 5 heteroatoms. The molecule has 108 valence electrons. The molecular formula is C15H20N2O3. The number of hydrogen-bond donors (Lipinski definition) is 3. The maximum Gasteiger partial charge on any atom is 0.223 e. The van der Waals surface area contributed by atoms with Crippen LogP contribution in [-0.2, 0) is 16.0 Å². The number of aliphatic hydroxyl groups is 1. The van der Waals surface area contributed by atoms with Crippen LogP contribution in [0.2, 0.25) is 0 Å². The average molecular weight is 276 g/mol. The fourth-order valence-corrected chi connectivity index (χ4v) is 2.33. The van der Waals surface area contributed by atoms with Gasteiger partial charge in [0.1, 0.15) is 0 Å². The Balaban J connectivity index is 1.74. The van der Waals surface area contributed by atoms with Crippen molar-refractivity contribution >= 4 is 11.8 Å². The first-order chi connectivity index (χ1) is 9.65. The van der Waals surface area contributed by atoms with Gasteiger partial charge in [-0.1, -0.05) is 30.3 Å². The molecule has 2 amide bonds. The van der Waals surface area contributed by atoms with Gasteiger partial charge in [0.2, 0.25) is 11.8 Å². The summed E-state index contributed by atoms with van der Waals surface area (Å²) < 4.78 is 0. The maximum absolute atomic E-state index is 11.9. The minimum absolute atomic E-state index is 0.0822. The van der Waals surface area contributed by atoms with Gasteiger partial charge in [-0.15, -0.1) is 0 Å². The van der Waals surface area contributed by atoms with E-state index in [1.807, 2.05) is 30.3 Å². The molecule has 2 unspecified atom stereocenters. The minimum atomic E-state index is -0.612. The lowest BCUT2D eigenvalue weighted by atomic mass is 9.96. The predicted molar refractivity (Wildman–Crippen MR) is 74.9 cm³/mol. The molecule has 1 saturated heterocycles. The average Bonchev–Trinajstić information content (AvgIpc) is 2.46. The molecule has 0 saturated carbocycles.